The molecule has 8 heteroatoms. The van der Waals surface area contributed by atoms with Crippen LogP contribution < -0.4 is 4.72 Å². The van der Waals surface area contributed by atoms with Crippen LogP contribution in [0.5, 0.6) is 0 Å². The summed E-state index contributed by atoms with van der Waals surface area (Å²) >= 11 is 0. The van der Waals surface area contributed by atoms with Crippen LogP contribution in [0.4, 0.5) is 5.69 Å². The fraction of sp³-hybridized carbons (Fsp3) is 0.308. The number of H-pyrrole nitrogens is 1. The Bertz CT molecular complexity index is 1380. The lowest BCUT2D eigenvalue weighted by molar-refractivity contribution is -0.123. The summed E-state index contributed by atoms with van der Waals surface area (Å²) in [6.07, 6.45) is 4.09. The van der Waals surface area contributed by atoms with Crippen LogP contribution in [0, 0.1) is 11.8 Å². The van der Waals surface area contributed by atoms with Crippen molar-refractivity contribution in [2.24, 2.45) is 11.8 Å². The second kappa shape index (κ2) is 8.13. The topological polar surface area (TPSA) is 112 Å². The molecule has 0 bridgehead atoms. The minimum Gasteiger partial charge on any atom is -0.515 e. The van der Waals surface area contributed by atoms with Gasteiger partial charge in [-0.1, -0.05) is 49.4 Å². The van der Waals surface area contributed by atoms with Crippen molar-refractivity contribution in [3.63, 3.8) is 0 Å². The van der Waals surface area contributed by atoms with E-state index in [0.29, 0.717) is 17.7 Å². The number of Topliss-reactive ketones (excluding diaryl/α,β-unsaturated/α-hetero) is 1. The van der Waals surface area contributed by atoms with Gasteiger partial charge in [-0.25, -0.2) is 8.42 Å². The number of rotatable bonds is 4. The monoisotopic (exact) mass is 477 g/mol. The Kier molecular flexibility index (Phi) is 5.36. The molecule has 0 aliphatic heterocycles. The van der Waals surface area contributed by atoms with Gasteiger partial charge in [0.05, 0.1) is 23.9 Å². The highest BCUT2D eigenvalue weighted by Crippen LogP contribution is 2.56. The van der Waals surface area contributed by atoms with Crippen molar-refractivity contribution >= 4 is 21.5 Å². The normalized spacial score (nSPS) is 25.6. The number of ketones is 1. The predicted octanol–water partition coefficient (Wildman–Crippen LogP) is 4.35. The number of hydrogen-bond donors (Lipinski definition) is 3. The third-order valence-electron chi connectivity index (χ3n) is 7.35. The predicted molar refractivity (Wildman–Crippen MR) is 131 cm³/mol. The molecule has 0 radical (unpaired) electrons. The van der Waals surface area contributed by atoms with Gasteiger partial charge in [0.1, 0.15) is 0 Å². The molecular formula is C26H27N3O4S. The summed E-state index contributed by atoms with van der Waals surface area (Å²) in [5.74, 6) is -0.162. The maximum absolute atomic E-state index is 12.9. The number of allylic oxidation sites excluding steroid dienone is 1. The van der Waals surface area contributed by atoms with Gasteiger partial charge in [0.25, 0.3) is 0 Å². The number of benzene rings is 2. The summed E-state index contributed by atoms with van der Waals surface area (Å²) in [5, 5.41) is 18.0. The van der Waals surface area contributed by atoms with E-state index in [-0.39, 0.29) is 17.6 Å². The zero-order valence-electron chi connectivity index (χ0n) is 19.1. The van der Waals surface area contributed by atoms with Crippen LogP contribution in [0.15, 0.2) is 66.4 Å². The Balaban J connectivity index is 1.65. The summed E-state index contributed by atoms with van der Waals surface area (Å²) in [5.41, 5.74) is 5.32. The second-order valence-corrected chi connectivity index (χ2v) is 11.1. The lowest BCUT2D eigenvalue weighted by Crippen LogP contribution is -2.50. The Hall–Kier alpha value is -3.39. The Morgan fingerprint density at radius 1 is 1.15 bits per heavy atom. The minimum absolute atomic E-state index is 0.00669. The van der Waals surface area contributed by atoms with Crippen molar-refractivity contribution in [2.75, 3.05) is 11.0 Å². The van der Waals surface area contributed by atoms with Crippen molar-refractivity contribution in [2.45, 2.75) is 31.6 Å². The van der Waals surface area contributed by atoms with Gasteiger partial charge in [-0.2, -0.15) is 5.10 Å². The number of aromatic nitrogens is 2. The van der Waals surface area contributed by atoms with Crippen LogP contribution >= 0.6 is 0 Å². The van der Waals surface area contributed by atoms with E-state index in [4.69, 9.17) is 5.10 Å². The number of aliphatic hydroxyl groups is 1. The molecule has 2 aromatic carbocycles. The molecule has 0 amide bonds. The lowest BCUT2D eigenvalue weighted by Gasteiger charge is -2.49. The Morgan fingerprint density at radius 2 is 1.85 bits per heavy atom. The molecule has 2 aliphatic rings. The van der Waals surface area contributed by atoms with Crippen molar-refractivity contribution in [1.29, 1.82) is 0 Å². The molecule has 1 heterocycles. The van der Waals surface area contributed by atoms with Gasteiger partial charge in [0.2, 0.25) is 10.0 Å². The van der Waals surface area contributed by atoms with Gasteiger partial charge >= 0.3 is 0 Å². The van der Waals surface area contributed by atoms with E-state index in [1.807, 2.05) is 37.3 Å². The van der Waals surface area contributed by atoms with Crippen LogP contribution in [0.2, 0.25) is 0 Å². The summed E-state index contributed by atoms with van der Waals surface area (Å²) < 4.78 is 25.6. The molecule has 0 spiro atoms. The highest BCUT2D eigenvalue weighted by atomic mass is 32.2. The second-order valence-electron chi connectivity index (χ2n) is 9.34. The van der Waals surface area contributed by atoms with Gasteiger partial charge in [-0.3, -0.25) is 14.6 Å². The first-order valence-electron chi connectivity index (χ1n) is 11.3. The molecule has 34 heavy (non-hydrogen) atoms. The molecule has 3 atom stereocenters. The first kappa shape index (κ1) is 22.4. The highest BCUT2D eigenvalue weighted by Gasteiger charge is 2.55. The minimum atomic E-state index is -3.35. The van der Waals surface area contributed by atoms with Crippen molar-refractivity contribution in [1.82, 2.24) is 10.2 Å². The third kappa shape index (κ3) is 3.53. The van der Waals surface area contributed by atoms with Crippen LogP contribution in [0.25, 0.3) is 11.3 Å². The maximum atomic E-state index is 12.9. The molecule has 7 nitrogen and oxygen atoms in total. The molecule has 1 saturated carbocycles. The summed E-state index contributed by atoms with van der Waals surface area (Å²) in [6, 6.07) is 17.3. The lowest BCUT2D eigenvalue weighted by atomic mass is 9.52. The quantitative estimate of drug-likeness (QED) is 0.382. The standard InChI is InChI=1S/C26H27N3O4S/c1-16-22-13-12-21-23(17-8-10-20(11-9-17)29-34(2,32)33)27-28-25(21)26(22,14-18(15-30)24(16)31)19-6-4-3-5-7-19/h3-11,15-16,22,29-30H,12-14H2,1-2H3,(H,27,28). The SMILES string of the molecule is CC1C(=O)C(=CO)CC2(c3ccccc3)c3n[nH]c(-c4ccc(NS(C)(=O)=O)cc4)c3CCC12. The van der Waals surface area contributed by atoms with Gasteiger partial charge in [0.15, 0.2) is 5.78 Å². The summed E-state index contributed by atoms with van der Waals surface area (Å²) in [6.45, 7) is 1.96. The number of nitrogens with one attached hydrogen (secondary N) is 2. The number of nitrogens with zero attached hydrogens (tertiary/aromatic N) is 1. The average Bonchev–Trinajstić information content (AvgIpc) is 3.26. The molecule has 1 aromatic heterocycles. The number of fused-ring (bicyclic) bond motifs is 3. The van der Waals surface area contributed by atoms with Gasteiger partial charge in [-0.15, -0.1) is 0 Å². The zero-order valence-corrected chi connectivity index (χ0v) is 19.9. The van der Waals surface area contributed by atoms with Crippen LogP contribution in [-0.2, 0) is 26.7 Å². The molecule has 3 unspecified atom stereocenters. The summed E-state index contributed by atoms with van der Waals surface area (Å²) in [4.78, 5) is 12.9. The first-order valence-corrected chi connectivity index (χ1v) is 13.2. The molecule has 2 aliphatic carbocycles. The number of aromatic amines is 1. The van der Waals surface area contributed by atoms with Gasteiger partial charge < -0.3 is 5.11 Å². The Morgan fingerprint density at radius 3 is 2.50 bits per heavy atom. The molecule has 176 valence electrons. The maximum Gasteiger partial charge on any atom is 0.229 e. The van der Waals surface area contributed by atoms with Crippen LogP contribution in [0.3, 0.4) is 0 Å². The number of carbonyl (C=O) groups is 1. The smallest absolute Gasteiger partial charge is 0.229 e. The number of hydrogen-bond acceptors (Lipinski definition) is 5. The largest absolute Gasteiger partial charge is 0.515 e. The van der Waals surface area contributed by atoms with Crippen molar-refractivity contribution in [3.8, 4) is 11.3 Å². The molecule has 3 aromatic rings. The fourth-order valence-corrected chi connectivity index (χ4v) is 6.47. The van der Waals surface area contributed by atoms with Crippen LogP contribution in [-0.4, -0.2) is 35.8 Å². The number of aliphatic hydroxyl groups excluding tert-OH is 1. The van der Waals surface area contributed by atoms with E-state index in [9.17, 15) is 18.3 Å². The van der Waals surface area contributed by atoms with E-state index >= 15 is 0 Å². The molecule has 1 fully saturated rings. The fourth-order valence-electron chi connectivity index (χ4n) is 5.91. The average molecular weight is 478 g/mol. The van der Waals surface area contributed by atoms with E-state index in [1.165, 1.54) is 0 Å². The van der Waals surface area contributed by atoms with Crippen LogP contribution in [0.1, 0.15) is 36.6 Å². The highest BCUT2D eigenvalue weighted by molar-refractivity contribution is 7.92. The summed E-state index contributed by atoms with van der Waals surface area (Å²) in [7, 11) is -3.35. The van der Waals surface area contributed by atoms with E-state index in [2.05, 4.69) is 22.0 Å². The van der Waals surface area contributed by atoms with Crippen molar-refractivity contribution in [3.05, 3.63) is 83.3 Å². The number of sulfonamides is 1. The first-order chi connectivity index (χ1) is 16.2. The van der Waals surface area contributed by atoms with E-state index < -0.39 is 15.4 Å². The van der Waals surface area contributed by atoms with Gasteiger partial charge in [-0.05, 0) is 48.4 Å². The van der Waals surface area contributed by atoms with E-state index in [0.717, 1.165) is 53.4 Å². The zero-order chi connectivity index (χ0) is 24.1. The molecule has 3 N–H and O–H groups in total. The van der Waals surface area contributed by atoms with Gasteiger partial charge in [0, 0.05) is 28.2 Å². The Labute approximate surface area is 199 Å². The number of carbonyl (C=O) groups excluding carboxylic acids is 1. The molecular weight excluding hydrogens is 450 g/mol. The molecule has 5 rings (SSSR count). The molecule has 0 saturated heterocycles. The van der Waals surface area contributed by atoms with E-state index in [1.54, 1.807) is 12.1 Å². The van der Waals surface area contributed by atoms with Crippen molar-refractivity contribution < 1.29 is 18.3 Å². The third-order valence-corrected chi connectivity index (χ3v) is 7.96. The number of anilines is 1.